The first-order chi connectivity index (χ1) is 21.0. The molecule has 0 aliphatic heterocycles. The van der Waals surface area contributed by atoms with Crippen LogP contribution in [0.25, 0.3) is 11.1 Å². The third kappa shape index (κ3) is 6.80. The highest BCUT2D eigenvalue weighted by Gasteiger charge is 2.30. The molecule has 1 aromatic heterocycles. The van der Waals surface area contributed by atoms with E-state index >= 15 is 0 Å². The van der Waals surface area contributed by atoms with Crippen molar-refractivity contribution in [3.63, 3.8) is 0 Å². The molecular formula is C34H32F3N5O2. The molecule has 0 spiro atoms. The van der Waals surface area contributed by atoms with Gasteiger partial charge in [-0.2, -0.15) is 18.4 Å². The number of nitrogens with one attached hydrogen (secondary N) is 1. The summed E-state index contributed by atoms with van der Waals surface area (Å²) >= 11 is 0. The smallest absolute Gasteiger partial charge is 0.416 e. The number of tetrazole rings is 1. The second-order valence-electron chi connectivity index (χ2n) is 11.0. The number of nitrogens with zero attached hydrogens (tertiary/aromatic N) is 4. The van der Waals surface area contributed by atoms with Crippen molar-refractivity contribution < 1.29 is 22.7 Å². The SMILES string of the molecule is Cc1cc(OC(c2ccc(C(=O)N(Cc3nn[nH]n3)c3ccccc3)cc2)C(C)C)cc(C)c1-c1ccc(C(F)(F)F)cc1. The lowest BCUT2D eigenvalue weighted by molar-refractivity contribution is -0.137. The van der Waals surface area contributed by atoms with Gasteiger partial charge in [-0.1, -0.05) is 61.5 Å². The van der Waals surface area contributed by atoms with E-state index in [4.69, 9.17) is 4.74 Å². The molecule has 1 N–H and O–H groups in total. The molecule has 5 aromatic rings. The molecule has 5 rings (SSSR count). The van der Waals surface area contributed by atoms with Crippen LogP contribution in [0.2, 0.25) is 0 Å². The Morgan fingerprint density at radius 2 is 1.55 bits per heavy atom. The Morgan fingerprint density at radius 1 is 0.909 bits per heavy atom. The van der Waals surface area contributed by atoms with Crippen molar-refractivity contribution in [1.29, 1.82) is 0 Å². The Hall–Kier alpha value is -4.99. The number of aromatic nitrogens is 4. The van der Waals surface area contributed by atoms with Crippen molar-refractivity contribution in [3.05, 3.63) is 125 Å². The number of carbonyl (C=O) groups is 1. The Kier molecular flexibility index (Phi) is 8.80. The molecule has 1 atom stereocenters. The van der Waals surface area contributed by atoms with Crippen molar-refractivity contribution in [2.45, 2.75) is 46.5 Å². The van der Waals surface area contributed by atoms with E-state index in [1.54, 1.807) is 17.0 Å². The first kappa shape index (κ1) is 30.5. The molecule has 226 valence electrons. The van der Waals surface area contributed by atoms with Crippen LogP contribution in [0, 0.1) is 19.8 Å². The van der Waals surface area contributed by atoms with Crippen LogP contribution in [-0.2, 0) is 12.7 Å². The zero-order chi connectivity index (χ0) is 31.4. The lowest BCUT2D eigenvalue weighted by Crippen LogP contribution is -2.31. The van der Waals surface area contributed by atoms with Gasteiger partial charge < -0.3 is 9.64 Å². The predicted molar refractivity (Wildman–Crippen MR) is 162 cm³/mol. The average molecular weight is 600 g/mol. The van der Waals surface area contributed by atoms with Crippen molar-refractivity contribution in [2.75, 3.05) is 4.90 Å². The van der Waals surface area contributed by atoms with Gasteiger partial charge >= 0.3 is 6.18 Å². The minimum atomic E-state index is -4.38. The second-order valence-corrected chi connectivity index (χ2v) is 11.0. The standard InChI is InChI=1S/C34H32F3N5O2/c1-21(2)32(44-29-18-22(3)31(23(4)19-29)24-14-16-27(17-15-24)34(35,36)37)25-10-12-26(13-11-25)33(43)42(20-30-38-40-41-39-30)28-8-6-5-7-9-28/h5-19,21,32H,20H2,1-4H3,(H,38,39,40,41). The fraction of sp³-hybridized carbons (Fsp3) is 0.235. The van der Waals surface area contributed by atoms with Crippen LogP contribution in [0.3, 0.4) is 0 Å². The quantitative estimate of drug-likeness (QED) is 0.185. The summed E-state index contributed by atoms with van der Waals surface area (Å²) in [7, 11) is 0. The molecule has 0 bridgehead atoms. The number of halogens is 3. The highest BCUT2D eigenvalue weighted by atomic mass is 19.4. The number of ether oxygens (including phenoxy) is 1. The lowest BCUT2D eigenvalue weighted by atomic mass is 9.94. The van der Waals surface area contributed by atoms with Crippen molar-refractivity contribution >= 4 is 11.6 Å². The zero-order valence-corrected chi connectivity index (χ0v) is 24.8. The first-order valence-corrected chi connectivity index (χ1v) is 14.2. The van der Waals surface area contributed by atoms with Gasteiger partial charge in [0.15, 0.2) is 5.82 Å². The van der Waals surface area contributed by atoms with Gasteiger partial charge in [0.05, 0.1) is 12.1 Å². The van der Waals surface area contributed by atoms with Crippen molar-refractivity contribution in [2.24, 2.45) is 5.92 Å². The summed E-state index contributed by atoms with van der Waals surface area (Å²) in [5.74, 6) is 0.942. The molecule has 7 nitrogen and oxygen atoms in total. The molecule has 1 unspecified atom stereocenters. The van der Waals surface area contributed by atoms with Gasteiger partial charge in [0, 0.05) is 11.3 Å². The van der Waals surface area contributed by atoms with E-state index in [1.807, 2.05) is 68.4 Å². The lowest BCUT2D eigenvalue weighted by Gasteiger charge is -2.25. The van der Waals surface area contributed by atoms with E-state index in [1.165, 1.54) is 12.1 Å². The predicted octanol–water partition coefficient (Wildman–Crippen LogP) is 8.13. The maximum absolute atomic E-state index is 13.6. The number of para-hydroxylation sites is 1. The average Bonchev–Trinajstić information content (AvgIpc) is 3.52. The number of amides is 1. The number of benzene rings is 4. The number of hydrogen-bond acceptors (Lipinski definition) is 5. The number of hydrogen-bond donors (Lipinski definition) is 1. The summed E-state index contributed by atoms with van der Waals surface area (Å²) in [5, 5.41) is 14.0. The Bertz CT molecular complexity index is 1680. The van der Waals surface area contributed by atoms with Crippen LogP contribution in [0.15, 0.2) is 91.0 Å². The van der Waals surface area contributed by atoms with Crippen molar-refractivity contribution in [1.82, 2.24) is 20.6 Å². The summed E-state index contributed by atoms with van der Waals surface area (Å²) in [6, 6.07) is 25.7. The van der Waals surface area contributed by atoms with E-state index in [0.29, 0.717) is 28.4 Å². The number of aryl methyl sites for hydroxylation is 2. The van der Waals surface area contributed by atoms with Gasteiger partial charge in [0.25, 0.3) is 5.91 Å². The van der Waals surface area contributed by atoms with Crippen LogP contribution in [0.4, 0.5) is 18.9 Å². The largest absolute Gasteiger partial charge is 0.485 e. The molecule has 44 heavy (non-hydrogen) atoms. The minimum absolute atomic E-state index is 0.103. The van der Waals surface area contributed by atoms with Gasteiger partial charge in [0.1, 0.15) is 11.9 Å². The molecule has 0 fully saturated rings. The van der Waals surface area contributed by atoms with Gasteiger partial charge in [0.2, 0.25) is 0 Å². The maximum atomic E-state index is 13.6. The highest BCUT2D eigenvalue weighted by Crippen LogP contribution is 2.36. The molecule has 0 saturated carbocycles. The Morgan fingerprint density at radius 3 is 2.09 bits per heavy atom. The van der Waals surface area contributed by atoms with Crippen LogP contribution in [0.1, 0.15) is 58.4 Å². The van der Waals surface area contributed by atoms with Crippen LogP contribution >= 0.6 is 0 Å². The molecule has 10 heteroatoms. The number of aromatic amines is 1. The number of carbonyl (C=O) groups excluding carboxylic acids is 1. The topological polar surface area (TPSA) is 84.0 Å². The minimum Gasteiger partial charge on any atom is -0.485 e. The summed E-state index contributed by atoms with van der Waals surface area (Å²) < 4.78 is 45.7. The van der Waals surface area contributed by atoms with Crippen LogP contribution < -0.4 is 9.64 Å². The third-order valence-corrected chi connectivity index (χ3v) is 7.36. The number of rotatable bonds is 9. The van der Waals surface area contributed by atoms with E-state index in [9.17, 15) is 18.0 Å². The number of alkyl halides is 3. The van der Waals surface area contributed by atoms with Crippen LogP contribution in [-0.4, -0.2) is 26.5 Å². The van der Waals surface area contributed by atoms with E-state index < -0.39 is 11.7 Å². The molecule has 0 aliphatic rings. The zero-order valence-electron chi connectivity index (χ0n) is 24.8. The molecule has 1 heterocycles. The summed E-state index contributed by atoms with van der Waals surface area (Å²) in [6.45, 7) is 8.11. The van der Waals surface area contributed by atoms with Crippen LogP contribution in [0.5, 0.6) is 5.75 Å². The molecule has 1 amide bonds. The molecule has 4 aromatic carbocycles. The van der Waals surface area contributed by atoms with E-state index in [2.05, 4.69) is 34.5 Å². The Labute approximate surface area is 253 Å². The molecule has 0 saturated heterocycles. The third-order valence-electron chi connectivity index (χ3n) is 7.36. The molecule has 0 aliphatic carbocycles. The van der Waals surface area contributed by atoms with Gasteiger partial charge in [-0.15, -0.1) is 10.2 Å². The van der Waals surface area contributed by atoms with E-state index in [-0.39, 0.29) is 24.5 Å². The van der Waals surface area contributed by atoms with Gasteiger partial charge in [-0.05, 0) is 96.1 Å². The second kappa shape index (κ2) is 12.7. The van der Waals surface area contributed by atoms with Gasteiger partial charge in [-0.25, -0.2) is 0 Å². The molecular weight excluding hydrogens is 567 g/mol. The fourth-order valence-electron chi connectivity index (χ4n) is 5.26. The van der Waals surface area contributed by atoms with Gasteiger partial charge in [-0.3, -0.25) is 4.79 Å². The summed E-state index contributed by atoms with van der Waals surface area (Å²) in [6.07, 6.45) is -4.69. The highest BCUT2D eigenvalue weighted by molar-refractivity contribution is 6.06. The number of H-pyrrole nitrogens is 1. The summed E-state index contributed by atoms with van der Waals surface area (Å²) in [5.41, 5.74) is 4.81. The van der Waals surface area contributed by atoms with Crippen molar-refractivity contribution in [3.8, 4) is 16.9 Å². The number of anilines is 1. The first-order valence-electron chi connectivity index (χ1n) is 14.2. The normalized spacial score (nSPS) is 12.3. The Balaban J connectivity index is 1.36. The maximum Gasteiger partial charge on any atom is 0.416 e. The molecule has 0 radical (unpaired) electrons. The summed E-state index contributed by atoms with van der Waals surface area (Å²) in [4.78, 5) is 15.2. The fourth-order valence-corrected chi connectivity index (χ4v) is 5.26. The van der Waals surface area contributed by atoms with E-state index in [0.717, 1.165) is 34.4 Å². The monoisotopic (exact) mass is 599 g/mol.